The molecule has 1 N–H and O–H groups in total. The maximum absolute atomic E-state index is 11.0. The topological polar surface area (TPSA) is 55.8 Å². The van der Waals surface area contributed by atoms with E-state index in [0.717, 1.165) is 5.56 Å². The molecular formula is C12H12O4. The highest BCUT2D eigenvalue weighted by Gasteiger charge is 2.51. The largest absolute Gasteiger partial charge is 0.457 e. The van der Waals surface area contributed by atoms with Crippen LogP contribution >= 0.6 is 0 Å². The highest BCUT2D eigenvalue weighted by molar-refractivity contribution is 5.73. The summed E-state index contributed by atoms with van der Waals surface area (Å²) in [6, 6.07) is 9.50. The van der Waals surface area contributed by atoms with Crippen molar-refractivity contribution >= 4 is 5.97 Å². The van der Waals surface area contributed by atoms with Gasteiger partial charge in [-0.1, -0.05) is 30.3 Å². The Balaban J connectivity index is 1.84. The lowest BCUT2D eigenvalue weighted by molar-refractivity contribution is -0.145. The van der Waals surface area contributed by atoms with E-state index >= 15 is 0 Å². The van der Waals surface area contributed by atoms with E-state index in [9.17, 15) is 9.90 Å². The van der Waals surface area contributed by atoms with Crippen LogP contribution in [0.5, 0.6) is 0 Å². The summed E-state index contributed by atoms with van der Waals surface area (Å²) in [7, 11) is 0. The van der Waals surface area contributed by atoms with E-state index in [0.29, 0.717) is 0 Å². The molecule has 0 spiro atoms. The molecule has 16 heavy (non-hydrogen) atoms. The molecule has 0 bridgehead atoms. The third-order valence-electron chi connectivity index (χ3n) is 3.10. The zero-order valence-electron chi connectivity index (χ0n) is 8.58. The number of hydrogen-bond donors (Lipinski definition) is 1. The van der Waals surface area contributed by atoms with E-state index in [-0.39, 0.29) is 24.6 Å². The molecule has 0 unspecified atom stereocenters. The average molecular weight is 220 g/mol. The van der Waals surface area contributed by atoms with Crippen LogP contribution < -0.4 is 0 Å². The lowest BCUT2D eigenvalue weighted by Gasteiger charge is -2.16. The van der Waals surface area contributed by atoms with Gasteiger partial charge in [-0.05, 0) is 5.56 Å². The van der Waals surface area contributed by atoms with Gasteiger partial charge in [0.1, 0.15) is 18.3 Å². The number of ether oxygens (including phenoxy) is 2. The van der Waals surface area contributed by atoms with E-state index in [1.54, 1.807) is 0 Å². The molecule has 2 saturated heterocycles. The van der Waals surface area contributed by atoms with E-state index < -0.39 is 12.2 Å². The first-order valence-corrected chi connectivity index (χ1v) is 5.33. The Morgan fingerprint density at radius 2 is 2.00 bits per heavy atom. The summed E-state index contributed by atoms with van der Waals surface area (Å²) in [6.45, 7) is 0. The van der Waals surface area contributed by atoms with Gasteiger partial charge in [0, 0.05) is 0 Å². The van der Waals surface area contributed by atoms with Gasteiger partial charge in [0.15, 0.2) is 6.10 Å². The van der Waals surface area contributed by atoms with Gasteiger partial charge in [-0.15, -0.1) is 0 Å². The number of rotatable bonds is 1. The Kier molecular flexibility index (Phi) is 2.19. The molecule has 0 aromatic heterocycles. The molecule has 4 heteroatoms. The molecule has 1 aromatic rings. The zero-order valence-corrected chi connectivity index (χ0v) is 8.58. The molecule has 4 nitrogen and oxygen atoms in total. The van der Waals surface area contributed by atoms with Crippen LogP contribution in [0.15, 0.2) is 30.3 Å². The molecule has 0 saturated carbocycles. The van der Waals surface area contributed by atoms with Crippen LogP contribution in [-0.4, -0.2) is 29.4 Å². The van der Waals surface area contributed by atoms with Gasteiger partial charge in [0.05, 0.1) is 6.42 Å². The van der Waals surface area contributed by atoms with E-state index in [4.69, 9.17) is 9.47 Å². The van der Waals surface area contributed by atoms with Crippen molar-refractivity contribution in [2.24, 2.45) is 0 Å². The second kappa shape index (κ2) is 3.57. The van der Waals surface area contributed by atoms with Gasteiger partial charge in [-0.2, -0.15) is 0 Å². The van der Waals surface area contributed by atoms with Crippen LogP contribution in [0.4, 0.5) is 0 Å². The van der Waals surface area contributed by atoms with Crippen molar-refractivity contribution in [1.29, 1.82) is 0 Å². The second-order valence-corrected chi connectivity index (χ2v) is 4.16. The maximum Gasteiger partial charge on any atom is 0.309 e. The third-order valence-corrected chi connectivity index (χ3v) is 3.10. The molecular weight excluding hydrogens is 208 g/mol. The molecule has 1 aromatic carbocycles. The summed E-state index contributed by atoms with van der Waals surface area (Å²) in [5.41, 5.74) is 0.917. The number of aliphatic hydroxyl groups excluding tert-OH is 1. The standard InChI is InChI=1S/C12H12O4/c13-9-6-8-12(16-9)10(14)11(15-8)7-4-2-1-3-5-7/h1-5,8,10-12,14H,6H2/t8-,10-,11+,12+/m0/s1. The molecule has 2 heterocycles. The predicted molar refractivity (Wildman–Crippen MR) is 54.6 cm³/mol. The molecule has 2 aliphatic heterocycles. The molecule has 0 radical (unpaired) electrons. The van der Waals surface area contributed by atoms with Crippen LogP contribution in [-0.2, 0) is 14.3 Å². The minimum absolute atomic E-state index is 0.241. The highest BCUT2D eigenvalue weighted by atomic mass is 16.6. The first kappa shape index (κ1) is 9.81. The fourth-order valence-electron chi connectivity index (χ4n) is 2.33. The van der Waals surface area contributed by atoms with Crippen LogP contribution in [0.25, 0.3) is 0 Å². The summed E-state index contributed by atoms with van der Waals surface area (Å²) >= 11 is 0. The van der Waals surface area contributed by atoms with Gasteiger partial charge in [0.2, 0.25) is 0 Å². The number of hydrogen-bond acceptors (Lipinski definition) is 4. The van der Waals surface area contributed by atoms with Crippen molar-refractivity contribution in [3.63, 3.8) is 0 Å². The highest BCUT2D eigenvalue weighted by Crippen LogP contribution is 2.39. The van der Waals surface area contributed by atoms with Crippen LogP contribution in [0.3, 0.4) is 0 Å². The Bertz CT molecular complexity index is 403. The lowest BCUT2D eigenvalue weighted by Crippen LogP contribution is -2.28. The van der Waals surface area contributed by atoms with Gasteiger partial charge >= 0.3 is 5.97 Å². The van der Waals surface area contributed by atoms with E-state index in [1.807, 2.05) is 30.3 Å². The molecule has 0 aliphatic carbocycles. The number of carbonyl (C=O) groups is 1. The number of aliphatic hydroxyl groups is 1. The summed E-state index contributed by atoms with van der Waals surface area (Å²) < 4.78 is 10.7. The fraction of sp³-hybridized carbons (Fsp3) is 0.417. The second-order valence-electron chi connectivity index (χ2n) is 4.16. The van der Waals surface area contributed by atoms with Gasteiger partial charge < -0.3 is 14.6 Å². The van der Waals surface area contributed by atoms with Crippen LogP contribution in [0.1, 0.15) is 18.1 Å². The summed E-state index contributed by atoms with van der Waals surface area (Å²) in [5.74, 6) is -0.291. The molecule has 3 rings (SSSR count). The Hall–Kier alpha value is -1.39. The van der Waals surface area contributed by atoms with Crippen molar-refractivity contribution in [2.45, 2.75) is 30.8 Å². The smallest absolute Gasteiger partial charge is 0.309 e. The van der Waals surface area contributed by atoms with Gasteiger partial charge in [0.25, 0.3) is 0 Å². The predicted octanol–water partition coefficient (Wildman–Crippen LogP) is 0.803. The molecule has 2 aliphatic rings. The number of esters is 1. The Morgan fingerprint density at radius 3 is 2.69 bits per heavy atom. The summed E-state index contributed by atoms with van der Waals surface area (Å²) in [4.78, 5) is 11.0. The van der Waals surface area contributed by atoms with Crippen LogP contribution in [0.2, 0.25) is 0 Å². The molecule has 2 fully saturated rings. The number of benzene rings is 1. The normalized spacial score (nSPS) is 37.2. The van der Waals surface area contributed by atoms with Crippen molar-refractivity contribution in [3.05, 3.63) is 35.9 Å². The van der Waals surface area contributed by atoms with Crippen LogP contribution in [0, 0.1) is 0 Å². The van der Waals surface area contributed by atoms with E-state index in [2.05, 4.69) is 0 Å². The average Bonchev–Trinajstić information content (AvgIpc) is 2.79. The Labute approximate surface area is 92.8 Å². The zero-order chi connectivity index (χ0) is 11.1. The lowest BCUT2D eigenvalue weighted by atomic mass is 10.0. The molecule has 4 atom stereocenters. The monoisotopic (exact) mass is 220 g/mol. The van der Waals surface area contributed by atoms with E-state index in [1.165, 1.54) is 0 Å². The molecule has 0 amide bonds. The quantitative estimate of drug-likeness (QED) is 0.711. The first-order valence-electron chi connectivity index (χ1n) is 5.33. The van der Waals surface area contributed by atoms with Gasteiger partial charge in [-0.25, -0.2) is 0 Å². The van der Waals surface area contributed by atoms with Crippen molar-refractivity contribution in [3.8, 4) is 0 Å². The minimum atomic E-state index is -0.765. The fourth-order valence-corrected chi connectivity index (χ4v) is 2.33. The van der Waals surface area contributed by atoms with Crippen molar-refractivity contribution < 1.29 is 19.4 Å². The first-order chi connectivity index (χ1) is 7.75. The number of fused-ring (bicyclic) bond motifs is 1. The van der Waals surface area contributed by atoms with Crippen molar-refractivity contribution in [2.75, 3.05) is 0 Å². The van der Waals surface area contributed by atoms with Crippen molar-refractivity contribution in [1.82, 2.24) is 0 Å². The third kappa shape index (κ3) is 1.42. The minimum Gasteiger partial charge on any atom is -0.457 e. The Morgan fingerprint density at radius 1 is 1.25 bits per heavy atom. The SMILES string of the molecule is O=C1C[C@@H]2O[C@H](c3ccccc3)[C@H](O)[C@@H]2O1. The summed E-state index contributed by atoms with van der Waals surface area (Å²) in [5, 5.41) is 10.0. The summed E-state index contributed by atoms with van der Waals surface area (Å²) in [6.07, 6.45) is -1.71. The van der Waals surface area contributed by atoms with Gasteiger partial charge in [-0.3, -0.25) is 4.79 Å². The molecule has 84 valence electrons. The number of carbonyl (C=O) groups excluding carboxylic acids is 1. The maximum atomic E-state index is 11.0.